The first-order valence-electron chi connectivity index (χ1n) is 4.23. The van der Waals surface area contributed by atoms with Crippen molar-refractivity contribution in [1.82, 2.24) is 0 Å². The van der Waals surface area contributed by atoms with Crippen molar-refractivity contribution >= 4 is 0 Å². The van der Waals surface area contributed by atoms with Gasteiger partial charge in [-0.15, -0.1) is 11.5 Å². The van der Waals surface area contributed by atoms with E-state index in [0.29, 0.717) is 0 Å². The van der Waals surface area contributed by atoms with E-state index < -0.39 is 0 Å². The van der Waals surface area contributed by atoms with Crippen molar-refractivity contribution in [1.29, 1.82) is 0 Å². The summed E-state index contributed by atoms with van der Waals surface area (Å²) in [6.45, 7) is 0. The second kappa shape index (κ2) is 8.07. The van der Waals surface area contributed by atoms with Crippen LogP contribution in [-0.4, -0.2) is 0 Å². The monoisotopic (exact) mass is 381 g/mol. The van der Waals surface area contributed by atoms with E-state index in [-0.39, 0.29) is 32.6 Å². The Morgan fingerprint density at radius 1 is 0.533 bits per heavy atom. The van der Waals surface area contributed by atoms with Crippen molar-refractivity contribution < 1.29 is 31.3 Å². The molecule has 0 aliphatic carbocycles. The largest absolute Gasteiger partial charge is 2.00 e. The van der Waals surface area contributed by atoms with Crippen LogP contribution in [0.25, 0.3) is 0 Å². The average molecular weight is 381 g/mol. The molecule has 0 amide bonds. The zero-order chi connectivity index (χ0) is 10.2. The molecule has 2 nitrogen and oxygen atoms in total. The molecular weight excluding hydrogens is 371 g/mol. The first-order chi connectivity index (χ1) is 6.79. The van der Waals surface area contributed by atoms with Gasteiger partial charge in [-0.3, -0.25) is 0 Å². The van der Waals surface area contributed by atoms with Gasteiger partial charge in [0.2, 0.25) is 0 Å². The molecule has 0 atom stereocenters. The van der Waals surface area contributed by atoms with E-state index in [4.69, 9.17) is 0 Å². The minimum absolute atomic E-state index is 0. The second-order valence-corrected chi connectivity index (χ2v) is 2.63. The van der Waals surface area contributed by atoms with E-state index in [2.05, 4.69) is 0 Å². The minimum atomic E-state index is 0. The SMILES string of the molecule is [O-]c1ccccc1.[O-]c1ccccc1.[Pt+2]. The molecule has 0 aliphatic rings. The fourth-order valence-electron chi connectivity index (χ4n) is 0.841. The molecule has 2 aromatic carbocycles. The van der Waals surface area contributed by atoms with Crippen LogP contribution in [0.2, 0.25) is 0 Å². The van der Waals surface area contributed by atoms with Gasteiger partial charge in [-0.05, 0) is 0 Å². The van der Waals surface area contributed by atoms with Crippen molar-refractivity contribution in [3.63, 3.8) is 0 Å². The first kappa shape index (κ1) is 13.7. The van der Waals surface area contributed by atoms with Crippen LogP contribution < -0.4 is 10.2 Å². The number of hydrogen-bond acceptors (Lipinski definition) is 2. The number of para-hydroxylation sites is 2. The van der Waals surface area contributed by atoms with Crippen molar-refractivity contribution in [2.75, 3.05) is 0 Å². The maximum atomic E-state index is 10.3. The fraction of sp³-hybridized carbons (Fsp3) is 0. The van der Waals surface area contributed by atoms with Crippen LogP contribution in [0.15, 0.2) is 60.7 Å². The molecule has 15 heavy (non-hydrogen) atoms. The third-order valence-corrected chi connectivity index (χ3v) is 1.49. The van der Waals surface area contributed by atoms with Gasteiger partial charge in [0, 0.05) is 0 Å². The molecular formula is C12H10O2Pt. The van der Waals surface area contributed by atoms with Crippen LogP contribution in [0.3, 0.4) is 0 Å². The Hall–Kier alpha value is -1.27. The Labute approximate surface area is 103 Å². The van der Waals surface area contributed by atoms with Crippen LogP contribution in [0.1, 0.15) is 0 Å². The number of rotatable bonds is 0. The van der Waals surface area contributed by atoms with Gasteiger partial charge >= 0.3 is 21.1 Å². The van der Waals surface area contributed by atoms with Crippen molar-refractivity contribution in [2.45, 2.75) is 0 Å². The number of benzene rings is 2. The summed E-state index contributed by atoms with van der Waals surface area (Å²) in [5.74, 6) is 0.144. The molecule has 0 radical (unpaired) electrons. The zero-order valence-electron chi connectivity index (χ0n) is 7.91. The summed E-state index contributed by atoms with van der Waals surface area (Å²) in [6, 6.07) is 16.7. The van der Waals surface area contributed by atoms with Gasteiger partial charge in [-0.1, -0.05) is 60.7 Å². The summed E-state index contributed by atoms with van der Waals surface area (Å²) in [6.07, 6.45) is 0. The third-order valence-electron chi connectivity index (χ3n) is 1.49. The molecule has 0 spiro atoms. The third kappa shape index (κ3) is 6.75. The molecule has 0 aliphatic heterocycles. The Kier molecular flexibility index (Phi) is 7.39. The van der Waals surface area contributed by atoms with E-state index in [1.54, 1.807) is 24.3 Å². The molecule has 0 aromatic heterocycles. The predicted molar refractivity (Wildman–Crippen MR) is 51.8 cm³/mol. The summed E-state index contributed by atoms with van der Waals surface area (Å²) in [5.41, 5.74) is 0. The zero-order valence-corrected chi connectivity index (χ0v) is 10.2. The molecule has 80 valence electrons. The molecule has 0 bridgehead atoms. The van der Waals surface area contributed by atoms with Crippen LogP contribution in [0.4, 0.5) is 0 Å². The van der Waals surface area contributed by atoms with E-state index in [1.807, 2.05) is 12.1 Å². The van der Waals surface area contributed by atoms with Crippen molar-refractivity contribution in [2.24, 2.45) is 0 Å². The summed E-state index contributed by atoms with van der Waals surface area (Å²) in [7, 11) is 0. The van der Waals surface area contributed by atoms with Crippen molar-refractivity contribution in [3.05, 3.63) is 60.7 Å². The van der Waals surface area contributed by atoms with Gasteiger partial charge in [-0.2, -0.15) is 0 Å². The van der Waals surface area contributed by atoms with E-state index in [9.17, 15) is 10.2 Å². The molecule has 0 saturated heterocycles. The summed E-state index contributed by atoms with van der Waals surface area (Å²) >= 11 is 0. The maximum Gasteiger partial charge on any atom is 2.00 e. The Bertz CT molecular complexity index is 311. The van der Waals surface area contributed by atoms with Crippen LogP contribution >= 0.6 is 0 Å². The maximum absolute atomic E-state index is 10.3. The van der Waals surface area contributed by atoms with Crippen molar-refractivity contribution in [3.8, 4) is 11.5 Å². The fourth-order valence-corrected chi connectivity index (χ4v) is 0.841. The minimum Gasteiger partial charge on any atom is -0.872 e. The topological polar surface area (TPSA) is 46.1 Å². The van der Waals surface area contributed by atoms with E-state index in [1.165, 1.54) is 24.3 Å². The van der Waals surface area contributed by atoms with Crippen LogP contribution in [0.5, 0.6) is 11.5 Å². The molecule has 0 saturated carbocycles. The smallest absolute Gasteiger partial charge is 0.872 e. The molecule has 2 aromatic rings. The molecule has 0 heterocycles. The Morgan fingerprint density at radius 3 is 0.933 bits per heavy atom. The molecule has 0 unspecified atom stereocenters. The Balaban J connectivity index is 0.000000245. The normalized spacial score (nSPS) is 8.00. The van der Waals surface area contributed by atoms with Gasteiger partial charge in [0.1, 0.15) is 0 Å². The molecule has 2 rings (SSSR count). The van der Waals surface area contributed by atoms with E-state index >= 15 is 0 Å². The first-order valence-corrected chi connectivity index (χ1v) is 4.23. The number of hydrogen-bond donors (Lipinski definition) is 0. The Morgan fingerprint density at radius 2 is 0.800 bits per heavy atom. The van der Waals surface area contributed by atoms with Gasteiger partial charge in [-0.25, -0.2) is 0 Å². The summed E-state index contributed by atoms with van der Waals surface area (Å²) in [4.78, 5) is 0. The quantitative estimate of drug-likeness (QED) is 0.695. The summed E-state index contributed by atoms with van der Waals surface area (Å²) in [5, 5.41) is 20.5. The van der Waals surface area contributed by atoms with Crippen LogP contribution in [-0.2, 0) is 21.1 Å². The molecule has 3 heteroatoms. The van der Waals surface area contributed by atoms with Gasteiger partial charge in [0.15, 0.2) is 0 Å². The van der Waals surface area contributed by atoms with Crippen LogP contribution in [0, 0.1) is 0 Å². The molecule has 0 N–H and O–H groups in total. The molecule has 0 fully saturated rings. The average Bonchev–Trinajstić information content (AvgIpc) is 2.21. The second-order valence-electron chi connectivity index (χ2n) is 2.63. The predicted octanol–water partition coefficient (Wildman–Crippen LogP) is 1.52. The van der Waals surface area contributed by atoms with Gasteiger partial charge in [0.25, 0.3) is 0 Å². The standard InChI is InChI=1S/2C6H6O.Pt/c2*7-6-4-2-1-3-5-6;/h2*1-5,7H;/q;;+2/p-2. The summed E-state index contributed by atoms with van der Waals surface area (Å²) < 4.78 is 0. The van der Waals surface area contributed by atoms with Gasteiger partial charge < -0.3 is 10.2 Å². The van der Waals surface area contributed by atoms with Gasteiger partial charge in [0.05, 0.1) is 0 Å². The van der Waals surface area contributed by atoms with E-state index in [0.717, 1.165) is 0 Å².